The van der Waals surface area contributed by atoms with Crippen LogP contribution in [-0.2, 0) is 28.5 Å². The Morgan fingerprint density at radius 3 is 0.887 bits per heavy atom. The Morgan fingerprint density at radius 1 is 0.287 bits per heavy atom. The van der Waals surface area contributed by atoms with Crippen molar-refractivity contribution in [2.24, 2.45) is 11.8 Å². The molecule has 0 aliphatic rings. The summed E-state index contributed by atoms with van der Waals surface area (Å²) in [4.78, 5) is 61.9. The third kappa shape index (κ3) is 48.9. The van der Waals surface area contributed by atoms with Crippen molar-refractivity contribution in [3.8, 4) is 0 Å². The summed E-state index contributed by atoms with van der Waals surface area (Å²) in [5, 5.41) is 0. The lowest BCUT2D eigenvalue weighted by atomic mass is 9.95. The van der Waals surface area contributed by atoms with Gasteiger partial charge in [0, 0.05) is 52.1 Å². The van der Waals surface area contributed by atoms with E-state index in [0.717, 1.165) is 103 Å². The Kier molecular flexibility index (Phi) is 57.6. The molecule has 0 unspecified atom stereocenters. The van der Waals surface area contributed by atoms with E-state index in [-0.39, 0.29) is 37.3 Å². The van der Waals surface area contributed by atoms with Crippen LogP contribution in [0.25, 0.3) is 0 Å². The summed E-state index contributed by atoms with van der Waals surface area (Å²) in [5.74, 6) is 0.652. The van der Waals surface area contributed by atoms with Gasteiger partial charge in [0.25, 0.3) is 0 Å². The number of unbranched alkanes of at least 4 members (excludes halogenated alkanes) is 25. The molecule has 0 atom stereocenters. The zero-order valence-electron chi connectivity index (χ0n) is 54.4. The third-order valence-corrected chi connectivity index (χ3v) is 16.4. The normalized spacial score (nSPS) is 11.6. The first-order chi connectivity index (χ1) is 39.1. The summed E-state index contributed by atoms with van der Waals surface area (Å²) >= 11 is 0. The molecule has 0 radical (unpaired) electrons. The second-order valence-electron chi connectivity index (χ2n) is 23.7. The zero-order chi connectivity index (χ0) is 58.8. The average Bonchev–Trinajstić information content (AvgIpc) is 3.46. The van der Waals surface area contributed by atoms with Gasteiger partial charge < -0.3 is 33.6 Å². The fourth-order valence-electron chi connectivity index (χ4n) is 10.8. The second-order valence-corrected chi connectivity index (χ2v) is 23.7. The first-order valence-corrected chi connectivity index (χ1v) is 34.7. The molecule has 0 aromatic carbocycles. The van der Waals surface area contributed by atoms with Gasteiger partial charge in [0.05, 0.1) is 13.2 Å². The van der Waals surface area contributed by atoms with Crippen LogP contribution in [0.3, 0.4) is 0 Å². The maximum atomic E-state index is 13.8. The molecule has 0 fully saturated rings. The molecular weight excluding hydrogens is 1000 g/mol. The highest BCUT2D eigenvalue weighted by Gasteiger charge is 2.20. The van der Waals surface area contributed by atoms with Gasteiger partial charge in [0.15, 0.2) is 0 Å². The van der Waals surface area contributed by atoms with Gasteiger partial charge in [0.1, 0.15) is 13.2 Å². The van der Waals surface area contributed by atoms with Gasteiger partial charge in [-0.15, -0.1) is 0 Å². The number of esters is 2. The van der Waals surface area contributed by atoms with E-state index in [0.29, 0.717) is 90.0 Å². The highest BCUT2D eigenvalue weighted by Crippen LogP contribution is 2.22. The number of carbonyl (C=O) groups excluding carboxylic acids is 4. The van der Waals surface area contributed by atoms with Gasteiger partial charge in [-0.1, -0.05) is 222 Å². The minimum absolute atomic E-state index is 0.121. The van der Waals surface area contributed by atoms with E-state index in [2.05, 4.69) is 65.2 Å². The lowest BCUT2D eigenvalue weighted by Crippen LogP contribution is -2.38. The Hall–Kier alpha value is -2.60. The van der Waals surface area contributed by atoms with Crippen LogP contribution in [-0.4, -0.2) is 136 Å². The number of amides is 2. The van der Waals surface area contributed by atoms with E-state index >= 15 is 0 Å². The van der Waals surface area contributed by atoms with Crippen molar-refractivity contribution in [3.05, 3.63) is 0 Å². The van der Waals surface area contributed by atoms with Crippen LogP contribution < -0.4 is 0 Å². The fraction of sp³-hybridized carbons (Fsp3) is 0.941. The second kappa shape index (κ2) is 59.6. The fourth-order valence-corrected chi connectivity index (χ4v) is 10.8. The predicted octanol–water partition coefficient (Wildman–Crippen LogP) is 18.5. The van der Waals surface area contributed by atoms with Crippen molar-refractivity contribution < 1.29 is 38.1 Å². The van der Waals surface area contributed by atoms with Crippen molar-refractivity contribution in [1.82, 2.24) is 19.6 Å². The van der Waals surface area contributed by atoms with E-state index in [1.807, 2.05) is 9.80 Å². The third-order valence-electron chi connectivity index (χ3n) is 16.4. The van der Waals surface area contributed by atoms with Crippen LogP contribution in [0.2, 0.25) is 0 Å². The maximum Gasteiger partial charge on any atom is 0.409 e. The molecule has 0 spiro atoms. The predicted molar refractivity (Wildman–Crippen MR) is 338 cm³/mol. The number of nitrogens with zero attached hydrogens (tertiary/aromatic N) is 4. The standard InChI is InChI=1S/C68H134N4O8/c1-9-17-23-29-31-39-53-71(55-41-37-49-65(73)79-61-63(45-33-25-19-11-3)46-34-26-20-12-4)67(75)77-59-57-70(52-44-43-51-69(15-7)16-8)58-60-78-68(76)72(54-40-32-30-24-18-10-2)56-42-38-50-66(74)80-62-64(47-35-27-21-13-5)48-36-28-22-14-6/h63-64H,9-62H2,1-8H3. The largest absolute Gasteiger partial charge is 0.465 e. The van der Waals surface area contributed by atoms with Crippen LogP contribution in [0.1, 0.15) is 312 Å². The number of hydrogen-bond donors (Lipinski definition) is 0. The van der Waals surface area contributed by atoms with Gasteiger partial charge in [-0.05, 0) is 115 Å². The molecule has 0 aliphatic carbocycles. The summed E-state index contributed by atoms with van der Waals surface area (Å²) in [6.45, 7) is 26.9. The Balaban J connectivity index is 5.62. The summed E-state index contributed by atoms with van der Waals surface area (Å²) < 4.78 is 23.8. The van der Waals surface area contributed by atoms with E-state index in [1.54, 1.807) is 0 Å². The molecular formula is C68H134N4O8. The van der Waals surface area contributed by atoms with Crippen LogP contribution in [0, 0.1) is 11.8 Å². The molecule has 0 aromatic rings. The summed E-state index contributed by atoms with van der Waals surface area (Å²) in [7, 11) is 0. The van der Waals surface area contributed by atoms with Crippen molar-refractivity contribution in [1.29, 1.82) is 0 Å². The highest BCUT2D eigenvalue weighted by atomic mass is 16.6. The van der Waals surface area contributed by atoms with Crippen LogP contribution in [0.15, 0.2) is 0 Å². The van der Waals surface area contributed by atoms with E-state index < -0.39 is 0 Å². The van der Waals surface area contributed by atoms with Gasteiger partial charge in [-0.2, -0.15) is 0 Å². The lowest BCUT2D eigenvalue weighted by molar-refractivity contribution is -0.146. The average molecular weight is 1140 g/mol. The smallest absolute Gasteiger partial charge is 0.409 e. The quantitative estimate of drug-likeness (QED) is 0.0331. The van der Waals surface area contributed by atoms with Gasteiger partial charge >= 0.3 is 24.1 Å². The number of rotatable bonds is 61. The first-order valence-electron chi connectivity index (χ1n) is 34.7. The van der Waals surface area contributed by atoms with Crippen LogP contribution >= 0.6 is 0 Å². The number of ether oxygens (including phenoxy) is 4. The molecule has 80 heavy (non-hydrogen) atoms. The minimum Gasteiger partial charge on any atom is -0.465 e. The minimum atomic E-state index is -0.290. The first kappa shape index (κ1) is 77.4. The van der Waals surface area contributed by atoms with Crippen LogP contribution in [0.5, 0.6) is 0 Å². The SMILES string of the molecule is CCCCCCCCN(CCCCC(=O)OCC(CCCCCC)CCCCCC)C(=O)OCCN(CCCCN(CC)CC)CCOC(=O)N(CCCCCCCC)CCCCC(=O)OCC(CCCCCC)CCCCCC. The van der Waals surface area contributed by atoms with Crippen molar-refractivity contribution in [3.63, 3.8) is 0 Å². The molecule has 0 heterocycles. The highest BCUT2D eigenvalue weighted by molar-refractivity contribution is 5.70. The van der Waals surface area contributed by atoms with Gasteiger partial charge in [-0.3, -0.25) is 14.5 Å². The Morgan fingerprint density at radius 2 is 0.562 bits per heavy atom. The summed E-state index contributed by atoms with van der Waals surface area (Å²) in [5.41, 5.74) is 0. The Labute approximate surface area is 495 Å². The van der Waals surface area contributed by atoms with Crippen molar-refractivity contribution in [2.75, 3.05) is 91.9 Å². The molecule has 0 saturated heterocycles. The van der Waals surface area contributed by atoms with Crippen LogP contribution in [0.4, 0.5) is 9.59 Å². The molecule has 0 saturated carbocycles. The van der Waals surface area contributed by atoms with E-state index in [1.165, 1.54) is 154 Å². The van der Waals surface area contributed by atoms with Crippen molar-refractivity contribution in [2.45, 2.75) is 312 Å². The summed E-state index contributed by atoms with van der Waals surface area (Å²) in [6, 6.07) is 0. The molecule has 0 rings (SSSR count). The van der Waals surface area contributed by atoms with E-state index in [9.17, 15) is 19.2 Å². The molecule has 12 nitrogen and oxygen atoms in total. The number of carbonyl (C=O) groups is 4. The number of hydrogen-bond acceptors (Lipinski definition) is 10. The van der Waals surface area contributed by atoms with Gasteiger partial charge in [0.2, 0.25) is 0 Å². The zero-order valence-corrected chi connectivity index (χ0v) is 54.4. The molecule has 0 N–H and O–H groups in total. The van der Waals surface area contributed by atoms with Gasteiger partial charge in [-0.25, -0.2) is 9.59 Å². The molecule has 12 heteroatoms. The molecule has 2 amide bonds. The lowest BCUT2D eigenvalue weighted by Gasteiger charge is -2.26. The molecule has 474 valence electrons. The van der Waals surface area contributed by atoms with E-state index in [4.69, 9.17) is 18.9 Å². The Bertz CT molecular complexity index is 1250. The molecule has 0 aromatic heterocycles. The topological polar surface area (TPSA) is 118 Å². The van der Waals surface area contributed by atoms with Crippen molar-refractivity contribution >= 4 is 24.1 Å². The maximum absolute atomic E-state index is 13.8. The molecule has 0 bridgehead atoms. The summed E-state index contributed by atoms with van der Waals surface area (Å²) in [6.07, 6.45) is 43.1. The molecule has 0 aliphatic heterocycles. The monoisotopic (exact) mass is 1140 g/mol.